The van der Waals surface area contributed by atoms with Gasteiger partial charge in [0.1, 0.15) is 0 Å². The van der Waals surface area contributed by atoms with Crippen LogP contribution in [0.25, 0.3) is 0 Å². The van der Waals surface area contributed by atoms with Crippen LogP contribution in [-0.4, -0.2) is 24.3 Å². The molecular formula is C20H27NO4. The molecule has 1 aliphatic rings. The van der Waals surface area contributed by atoms with Crippen molar-refractivity contribution in [2.24, 2.45) is 0 Å². The van der Waals surface area contributed by atoms with Crippen LogP contribution in [0.3, 0.4) is 0 Å². The molecule has 5 nitrogen and oxygen atoms in total. The third-order valence-corrected chi connectivity index (χ3v) is 4.97. The average Bonchev–Trinajstić information content (AvgIpc) is 3.11. The van der Waals surface area contributed by atoms with Crippen LogP contribution in [0.4, 0.5) is 0 Å². The van der Waals surface area contributed by atoms with Crippen LogP contribution in [-0.2, 0) is 10.2 Å². The maximum Gasteiger partial charge on any atom is 0.303 e. The third-order valence-electron chi connectivity index (χ3n) is 4.97. The fourth-order valence-corrected chi connectivity index (χ4v) is 3.59. The Morgan fingerprint density at radius 2 is 2.04 bits per heavy atom. The van der Waals surface area contributed by atoms with Gasteiger partial charge in [-0.05, 0) is 56.2 Å². The summed E-state index contributed by atoms with van der Waals surface area (Å²) in [4.78, 5) is 11.0. The van der Waals surface area contributed by atoms with Crippen LogP contribution < -0.4 is 9.47 Å². The first kappa shape index (κ1) is 19.1. The Morgan fingerprint density at radius 1 is 1.32 bits per heavy atom. The Hall–Kier alpha value is -2.22. The van der Waals surface area contributed by atoms with Crippen LogP contribution in [0.1, 0.15) is 63.9 Å². The van der Waals surface area contributed by atoms with Gasteiger partial charge in [0, 0.05) is 6.42 Å². The number of carboxylic acid groups (broad SMARTS) is 1. The van der Waals surface area contributed by atoms with Gasteiger partial charge in [0.25, 0.3) is 0 Å². The Balaban J connectivity index is 2.35. The van der Waals surface area contributed by atoms with Crippen molar-refractivity contribution in [2.75, 3.05) is 7.11 Å². The van der Waals surface area contributed by atoms with Gasteiger partial charge in [0.05, 0.1) is 24.7 Å². The molecule has 0 radical (unpaired) electrons. The van der Waals surface area contributed by atoms with Crippen LogP contribution >= 0.6 is 0 Å². The van der Waals surface area contributed by atoms with Crippen molar-refractivity contribution in [3.8, 4) is 17.6 Å². The molecule has 1 saturated carbocycles. The molecular weight excluding hydrogens is 318 g/mol. The highest BCUT2D eigenvalue weighted by atomic mass is 16.5. The van der Waals surface area contributed by atoms with Crippen LogP contribution in [0.2, 0.25) is 0 Å². The molecule has 5 heteroatoms. The number of carboxylic acids is 1. The predicted octanol–water partition coefficient (Wildman–Crippen LogP) is 4.44. The summed E-state index contributed by atoms with van der Waals surface area (Å²) in [5.74, 6) is 0.418. The first-order valence-electron chi connectivity index (χ1n) is 9.03. The van der Waals surface area contributed by atoms with Gasteiger partial charge in [-0.25, -0.2) is 0 Å². The monoisotopic (exact) mass is 345 g/mol. The van der Waals surface area contributed by atoms with E-state index in [1.54, 1.807) is 7.11 Å². The van der Waals surface area contributed by atoms with E-state index in [0.717, 1.165) is 24.8 Å². The maximum absolute atomic E-state index is 11.0. The summed E-state index contributed by atoms with van der Waals surface area (Å²) in [6, 6.07) is 7.94. The highest BCUT2D eigenvalue weighted by molar-refractivity contribution is 5.67. The summed E-state index contributed by atoms with van der Waals surface area (Å²) in [6.45, 7) is 2.01. The molecule has 0 heterocycles. The Kier molecular flexibility index (Phi) is 6.69. The minimum atomic E-state index is -0.883. The van der Waals surface area contributed by atoms with Gasteiger partial charge in [-0.3, -0.25) is 4.79 Å². The second-order valence-corrected chi connectivity index (χ2v) is 6.73. The van der Waals surface area contributed by atoms with Gasteiger partial charge >= 0.3 is 5.97 Å². The van der Waals surface area contributed by atoms with E-state index >= 15 is 0 Å². The van der Waals surface area contributed by atoms with Crippen molar-refractivity contribution in [2.45, 2.75) is 69.8 Å². The minimum absolute atomic E-state index is 0.0294. The number of benzene rings is 1. The van der Waals surface area contributed by atoms with E-state index in [-0.39, 0.29) is 12.5 Å². The lowest BCUT2D eigenvalue weighted by Gasteiger charge is -2.27. The molecule has 25 heavy (non-hydrogen) atoms. The number of nitrogens with zero attached hydrogens (tertiary/aromatic N) is 1. The largest absolute Gasteiger partial charge is 0.493 e. The molecule has 1 aromatic rings. The molecule has 0 amide bonds. The topological polar surface area (TPSA) is 79.6 Å². The number of ether oxygens (including phenoxy) is 2. The summed E-state index contributed by atoms with van der Waals surface area (Å²) in [5, 5.41) is 18.9. The molecule has 1 fully saturated rings. The fraction of sp³-hybridized carbons (Fsp3) is 0.600. The summed E-state index contributed by atoms with van der Waals surface area (Å²) in [7, 11) is 1.60. The summed E-state index contributed by atoms with van der Waals surface area (Å²) in [5.41, 5.74) is -0.000363. The second kappa shape index (κ2) is 8.75. The van der Waals surface area contributed by atoms with E-state index in [1.165, 1.54) is 12.8 Å². The number of nitriles is 1. The molecule has 1 unspecified atom stereocenters. The highest BCUT2D eigenvalue weighted by Gasteiger charge is 2.33. The van der Waals surface area contributed by atoms with E-state index in [9.17, 15) is 10.1 Å². The lowest BCUT2D eigenvalue weighted by molar-refractivity contribution is -0.137. The summed E-state index contributed by atoms with van der Waals surface area (Å²) in [6.07, 6.45) is 6.28. The van der Waals surface area contributed by atoms with E-state index in [1.807, 2.05) is 25.1 Å². The number of rotatable bonds is 9. The smallest absolute Gasteiger partial charge is 0.303 e. The summed E-state index contributed by atoms with van der Waals surface area (Å²) >= 11 is 0. The van der Waals surface area contributed by atoms with Gasteiger partial charge in [0.2, 0.25) is 0 Å². The highest BCUT2D eigenvalue weighted by Crippen LogP contribution is 2.40. The average molecular weight is 345 g/mol. The molecule has 1 aromatic carbocycles. The zero-order chi connectivity index (χ0) is 18.3. The number of aliphatic carboxylic acids is 1. The predicted molar refractivity (Wildman–Crippen MR) is 94.9 cm³/mol. The van der Waals surface area contributed by atoms with Gasteiger partial charge in [-0.2, -0.15) is 5.26 Å². The Morgan fingerprint density at radius 3 is 2.60 bits per heavy atom. The van der Waals surface area contributed by atoms with Gasteiger partial charge < -0.3 is 14.6 Å². The Bertz CT molecular complexity index is 631. The third kappa shape index (κ3) is 4.66. The lowest BCUT2D eigenvalue weighted by Crippen LogP contribution is -2.25. The van der Waals surface area contributed by atoms with Crippen LogP contribution in [0.15, 0.2) is 18.2 Å². The van der Waals surface area contributed by atoms with E-state index < -0.39 is 11.4 Å². The number of hydrogen-bond donors (Lipinski definition) is 1. The van der Waals surface area contributed by atoms with Gasteiger partial charge in [0.15, 0.2) is 11.5 Å². The molecule has 0 aromatic heterocycles. The van der Waals surface area contributed by atoms with Crippen molar-refractivity contribution < 1.29 is 19.4 Å². The second-order valence-electron chi connectivity index (χ2n) is 6.73. The van der Waals surface area contributed by atoms with Crippen molar-refractivity contribution >= 4 is 5.97 Å². The van der Waals surface area contributed by atoms with Crippen molar-refractivity contribution in [1.82, 2.24) is 0 Å². The molecule has 1 N–H and O–H groups in total. The normalized spacial score (nSPS) is 16.8. The number of hydrogen-bond acceptors (Lipinski definition) is 4. The molecule has 0 aliphatic heterocycles. The minimum Gasteiger partial charge on any atom is -0.493 e. The molecule has 2 rings (SSSR count). The maximum atomic E-state index is 11.0. The first-order valence-corrected chi connectivity index (χ1v) is 9.03. The molecule has 0 bridgehead atoms. The van der Waals surface area contributed by atoms with E-state index in [2.05, 4.69) is 6.07 Å². The Labute approximate surface area is 149 Å². The van der Waals surface area contributed by atoms with E-state index in [4.69, 9.17) is 14.6 Å². The standard InChI is InChI=1S/C20H27NO4/c1-3-11-20(14-21,12-10-19(22)23)15-8-9-17(24-2)18(13-15)25-16-6-4-5-7-16/h8-9,13,16H,3-7,10-12H2,1-2H3,(H,22,23). The SMILES string of the molecule is CCCC(C#N)(CCC(=O)O)c1ccc(OC)c(OC2CCCC2)c1. The summed E-state index contributed by atoms with van der Waals surface area (Å²) < 4.78 is 11.5. The van der Waals surface area contributed by atoms with Crippen molar-refractivity contribution in [3.63, 3.8) is 0 Å². The first-order chi connectivity index (χ1) is 12.0. The van der Waals surface area contributed by atoms with Crippen LogP contribution in [0, 0.1) is 11.3 Å². The van der Waals surface area contributed by atoms with Crippen molar-refractivity contribution in [3.05, 3.63) is 23.8 Å². The lowest BCUT2D eigenvalue weighted by atomic mass is 9.74. The number of methoxy groups -OCH3 is 1. The zero-order valence-corrected chi connectivity index (χ0v) is 15.1. The number of carbonyl (C=O) groups is 1. The van der Waals surface area contributed by atoms with Gasteiger partial charge in [-0.15, -0.1) is 0 Å². The molecule has 0 spiro atoms. The molecule has 1 atom stereocenters. The van der Waals surface area contributed by atoms with Crippen molar-refractivity contribution in [1.29, 1.82) is 5.26 Å². The van der Waals surface area contributed by atoms with E-state index in [0.29, 0.717) is 24.3 Å². The van der Waals surface area contributed by atoms with Crippen LogP contribution in [0.5, 0.6) is 11.5 Å². The fourth-order valence-electron chi connectivity index (χ4n) is 3.59. The molecule has 1 aliphatic carbocycles. The molecule has 0 saturated heterocycles. The quantitative estimate of drug-likeness (QED) is 0.715. The zero-order valence-electron chi connectivity index (χ0n) is 15.1. The molecule has 136 valence electrons. The van der Waals surface area contributed by atoms with Gasteiger partial charge in [-0.1, -0.05) is 19.4 Å².